The lowest BCUT2D eigenvalue weighted by Gasteiger charge is -2.03. The van der Waals surface area contributed by atoms with Gasteiger partial charge in [-0.1, -0.05) is 43.3 Å². The van der Waals surface area contributed by atoms with Crippen molar-refractivity contribution in [1.82, 2.24) is 15.1 Å². The fraction of sp³-hybridized carbons (Fsp3) is 0.107. The van der Waals surface area contributed by atoms with Crippen molar-refractivity contribution in [3.05, 3.63) is 101 Å². The number of aromatic nitrogens is 2. The molecule has 6 nitrogen and oxygen atoms in total. The minimum absolute atomic E-state index is 0.170. The molecule has 0 aliphatic carbocycles. The molecule has 3 aromatic carbocycles. The molecule has 5 rings (SSSR count). The van der Waals surface area contributed by atoms with Gasteiger partial charge in [0.2, 0.25) is 0 Å². The van der Waals surface area contributed by atoms with Crippen molar-refractivity contribution >= 4 is 34.6 Å². The molecule has 0 atom stereocenters. The van der Waals surface area contributed by atoms with Crippen LogP contribution in [-0.2, 0) is 11.2 Å². The fourth-order valence-electron chi connectivity index (χ4n) is 3.83. The first-order valence-electron chi connectivity index (χ1n) is 11.3. The average Bonchev–Trinajstić information content (AvgIpc) is 3.48. The van der Waals surface area contributed by atoms with Crippen molar-refractivity contribution in [3.8, 4) is 22.7 Å². The molecule has 1 amide bonds. The summed E-state index contributed by atoms with van der Waals surface area (Å²) in [6.07, 6.45) is 4.69. The van der Waals surface area contributed by atoms with E-state index in [0.717, 1.165) is 45.9 Å². The Kier molecular flexibility index (Phi) is 6.50. The van der Waals surface area contributed by atoms with Crippen LogP contribution in [0.3, 0.4) is 0 Å². The highest BCUT2D eigenvalue weighted by Crippen LogP contribution is 2.33. The van der Waals surface area contributed by atoms with Gasteiger partial charge < -0.3 is 10.1 Å². The molecule has 1 aromatic heterocycles. The standard InChI is InChI=1S/C28H24N4O2S/c1-3-19-9-7-8-12-24(19)29-28-30-27(33)25(35-28)17-21-18-32(22-10-5-4-6-11-22)31-26(21)20-13-15-23(34-2)16-14-20/h4-18H,3H2,1-2H3,(H,29,30,33)/b25-17-. The summed E-state index contributed by atoms with van der Waals surface area (Å²) in [5.41, 5.74) is 5.49. The number of benzene rings is 3. The lowest BCUT2D eigenvalue weighted by molar-refractivity contribution is -0.115. The lowest BCUT2D eigenvalue weighted by atomic mass is 10.1. The third-order valence-corrected chi connectivity index (χ3v) is 6.57. The van der Waals surface area contributed by atoms with E-state index in [9.17, 15) is 4.79 Å². The lowest BCUT2D eigenvalue weighted by Crippen LogP contribution is -2.19. The zero-order valence-corrected chi connectivity index (χ0v) is 20.3. The maximum atomic E-state index is 12.8. The molecule has 2 heterocycles. The summed E-state index contributed by atoms with van der Waals surface area (Å²) < 4.78 is 7.13. The number of methoxy groups -OCH3 is 1. The Morgan fingerprint density at radius 3 is 2.51 bits per heavy atom. The molecule has 0 saturated carbocycles. The van der Waals surface area contributed by atoms with Gasteiger partial charge in [0, 0.05) is 17.3 Å². The topological polar surface area (TPSA) is 68.5 Å². The monoisotopic (exact) mass is 480 g/mol. The molecule has 0 bridgehead atoms. The molecule has 0 spiro atoms. The van der Waals surface area contributed by atoms with Gasteiger partial charge in [-0.05, 0) is 72.3 Å². The zero-order chi connectivity index (χ0) is 24.2. The average molecular weight is 481 g/mol. The Bertz CT molecular complexity index is 1420. The van der Waals surface area contributed by atoms with E-state index >= 15 is 0 Å². The van der Waals surface area contributed by atoms with Gasteiger partial charge in [-0.25, -0.2) is 9.67 Å². The van der Waals surface area contributed by atoms with E-state index in [0.29, 0.717) is 10.1 Å². The molecule has 4 aromatic rings. The molecular weight excluding hydrogens is 456 g/mol. The summed E-state index contributed by atoms with van der Waals surface area (Å²) in [6, 6.07) is 25.6. The van der Waals surface area contributed by atoms with Crippen LogP contribution in [0, 0.1) is 0 Å². The van der Waals surface area contributed by atoms with E-state index in [1.165, 1.54) is 11.8 Å². The second-order valence-corrected chi connectivity index (χ2v) is 8.94. The van der Waals surface area contributed by atoms with E-state index in [-0.39, 0.29) is 5.91 Å². The molecule has 1 fully saturated rings. The number of aliphatic imine (C=N–C) groups is 1. The third-order valence-electron chi connectivity index (χ3n) is 5.66. The van der Waals surface area contributed by atoms with Crippen molar-refractivity contribution in [1.29, 1.82) is 0 Å². The highest BCUT2D eigenvalue weighted by Gasteiger charge is 2.25. The molecule has 7 heteroatoms. The number of aryl methyl sites for hydroxylation is 1. The van der Waals surface area contributed by atoms with E-state index < -0.39 is 0 Å². The summed E-state index contributed by atoms with van der Waals surface area (Å²) in [6.45, 7) is 2.09. The normalized spacial score (nSPS) is 15.5. The first-order chi connectivity index (χ1) is 17.1. The number of amides is 1. The number of para-hydroxylation sites is 2. The minimum Gasteiger partial charge on any atom is -0.497 e. The SMILES string of the molecule is CCc1ccccc1N=C1NC(=O)/C(=C/c2cn(-c3ccccc3)nc2-c2ccc(OC)cc2)S1. The number of hydrogen-bond donors (Lipinski definition) is 1. The molecule has 1 N–H and O–H groups in total. The number of thioether (sulfide) groups is 1. The summed E-state index contributed by atoms with van der Waals surface area (Å²) in [5.74, 6) is 0.603. The number of nitrogens with zero attached hydrogens (tertiary/aromatic N) is 3. The van der Waals surface area contributed by atoms with Gasteiger partial charge in [0.05, 0.1) is 29.1 Å². The van der Waals surface area contributed by atoms with Crippen LogP contribution < -0.4 is 10.1 Å². The van der Waals surface area contributed by atoms with Crippen LogP contribution in [0.4, 0.5) is 5.69 Å². The number of hydrogen-bond acceptors (Lipinski definition) is 5. The molecule has 1 saturated heterocycles. The van der Waals surface area contributed by atoms with E-state index in [1.54, 1.807) is 7.11 Å². The summed E-state index contributed by atoms with van der Waals surface area (Å²) in [5, 5.41) is 8.31. The Hall–Kier alpha value is -4.10. The van der Waals surface area contributed by atoms with E-state index in [4.69, 9.17) is 14.8 Å². The Morgan fingerprint density at radius 1 is 1.03 bits per heavy atom. The van der Waals surface area contributed by atoms with Crippen LogP contribution in [-0.4, -0.2) is 28.0 Å². The summed E-state index contributed by atoms with van der Waals surface area (Å²) in [4.78, 5) is 18.1. The first kappa shape index (κ1) is 22.7. The van der Waals surface area contributed by atoms with Crippen LogP contribution in [0.2, 0.25) is 0 Å². The van der Waals surface area contributed by atoms with Crippen molar-refractivity contribution in [2.24, 2.45) is 4.99 Å². The number of nitrogens with one attached hydrogen (secondary N) is 1. The van der Waals surface area contributed by atoms with E-state index in [2.05, 4.69) is 18.3 Å². The number of carbonyl (C=O) groups is 1. The summed E-state index contributed by atoms with van der Waals surface area (Å²) >= 11 is 1.34. The number of carbonyl (C=O) groups excluding carboxylic acids is 1. The Labute approximate surface area is 208 Å². The van der Waals surface area contributed by atoms with Gasteiger partial charge in [-0.15, -0.1) is 0 Å². The van der Waals surface area contributed by atoms with Gasteiger partial charge in [-0.2, -0.15) is 5.10 Å². The smallest absolute Gasteiger partial charge is 0.264 e. The first-order valence-corrected chi connectivity index (χ1v) is 12.1. The van der Waals surface area contributed by atoms with Gasteiger partial charge >= 0.3 is 0 Å². The maximum Gasteiger partial charge on any atom is 0.264 e. The zero-order valence-electron chi connectivity index (χ0n) is 19.4. The maximum absolute atomic E-state index is 12.8. The molecule has 35 heavy (non-hydrogen) atoms. The van der Waals surface area contributed by atoms with Crippen LogP contribution in [0.1, 0.15) is 18.1 Å². The highest BCUT2D eigenvalue weighted by molar-refractivity contribution is 8.18. The van der Waals surface area contributed by atoms with E-state index in [1.807, 2.05) is 89.8 Å². The second-order valence-electron chi connectivity index (χ2n) is 7.91. The van der Waals surface area contributed by atoms with Crippen LogP contribution >= 0.6 is 11.8 Å². The predicted octanol–water partition coefficient (Wildman–Crippen LogP) is 6.00. The number of amidine groups is 1. The predicted molar refractivity (Wildman–Crippen MR) is 142 cm³/mol. The molecule has 1 aliphatic heterocycles. The minimum atomic E-state index is -0.170. The van der Waals surface area contributed by atoms with Crippen molar-refractivity contribution in [2.45, 2.75) is 13.3 Å². The van der Waals surface area contributed by atoms with Gasteiger partial charge in [0.25, 0.3) is 5.91 Å². The summed E-state index contributed by atoms with van der Waals surface area (Å²) in [7, 11) is 1.64. The quantitative estimate of drug-likeness (QED) is 0.344. The van der Waals surface area contributed by atoms with Gasteiger partial charge in [-0.3, -0.25) is 4.79 Å². The fourth-order valence-corrected chi connectivity index (χ4v) is 4.65. The van der Waals surface area contributed by atoms with Crippen LogP contribution in [0.25, 0.3) is 23.0 Å². The Morgan fingerprint density at radius 2 is 1.77 bits per heavy atom. The number of ether oxygens (including phenoxy) is 1. The molecular formula is C28H24N4O2S. The molecule has 1 aliphatic rings. The van der Waals surface area contributed by atoms with Crippen LogP contribution in [0.15, 0.2) is 95.0 Å². The van der Waals surface area contributed by atoms with Crippen molar-refractivity contribution in [2.75, 3.05) is 7.11 Å². The van der Waals surface area contributed by atoms with Gasteiger partial charge in [0.1, 0.15) is 5.75 Å². The Balaban J connectivity index is 1.53. The highest BCUT2D eigenvalue weighted by atomic mass is 32.2. The largest absolute Gasteiger partial charge is 0.497 e. The van der Waals surface area contributed by atoms with Crippen molar-refractivity contribution < 1.29 is 9.53 Å². The molecule has 174 valence electrons. The van der Waals surface area contributed by atoms with Crippen molar-refractivity contribution in [3.63, 3.8) is 0 Å². The van der Waals surface area contributed by atoms with Gasteiger partial charge in [0.15, 0.2) is 5.17 Å². The molecule has 0 unspecified atom stereocenters. The second kappa shape index (κ2) is 10.0. The van der Waals surface area contributed by atoms with Crippen LogP contribution in [0.5, 0.6) is 5.75 Å². The molecule has 0 radical (unpaired) electrons. The third kappa shape index (κ3) is 4.90. The number of rotatable bonds is 6.